The molecule has 0 saturated carbocycles. The van der Waals surface area contributed by atoms with E-state index >= 15 is 0 Å². The maximum atomic E-state index is 11.9. The van der Waals surface area contributed by atoms with Crippen LogP contribution in [0.15, 0.2) is 63.7 Å². The SMILES string of the molecule is CCCCCCCCCCCCCCCCc1ccc(N=Nc2c(S(=O)(=O)[O-])cc3ccc(N)cc3c2O)cc1.[Na+]. The van der Waals surface area contributed by atoms with Crippen LogP contribution in [-0.2, 0) is 16.5 Å². The summed E-state index contributed by atoms with van der Waals surface area (Å²) in [6.45, 7) is 2.26. The molecule has 3 N–H and O–H groups in total. The van der Waals surface area contributed by atoms with Crippen molar-refractivity contribution in [2.75, 3.05) is 5.73 Å². The van der Waals surface area contributed by atoms with Gasteiger partial charge in [-0.3, -0.25) is 0 Å². The van der Waals surface area contributed by atoms with E-state index in [-0.39, 0.29) is 35.2 Å². The van der Waals surface area contributed by atoms with E-state index in [0.717, 1.165) is 12.8 Å². The summed E-state index contributed by atoms with van der Waals surface area (Å²) in [6, 6.07) is 13.3. The van der Waals surface area contributed by atoms with E-state index in [1.807, 2.05) is 12.1 Å². The number of phenolic OH excluding ortho intramolecular Hbond substituents is 1. The minimum atomic E-state index is -4.89. The molecule has 0 radical (unpaired) electrons. The molecule has 3 aromatic rings. The van der Waals surface area contributed by atoms with Crippen LogP contribution in [0.2, 0.25) is 0 Å². The van der Waals surface area contributed by atoms with Crippen molar-refractivity contribution in [1.82, 2.24) is 0 Å². The number of aryl methyl sites for hydroxylation is 1. The molecule has 9 heteroatoms. The molecule has 0 atom stereocenters. The Morgan fingerprint density at radius 3 is 1.83 bits per heavy atom. The maximum absolute atomic E-state index is 11.9. The number of hydrogen-bond acceptors (Lipinski definition) is 7. The van der Waals surface area contributed by atoms with Crippen LogP contribution in [0.4, 0.5) is 17.1 Å². The van der Waals surface area contributed by atoms with E-state index in [0.29, 0.717) is 22.1 Å². The van der Waals surface area contributed by atoms with Crippen LogP contribution in [0, 0.1) is 0 Å². The Labute approximate surface area is 268 Å². The van der Waals surface area contributed by atoms with Gasteiger partial charge in [-0.15, -0.1) is 5.11 Å². The fourth-order valence-corrected chi connectivity index (χ4v) is 5.65. The van der Waals surface area contributed by atoms with Crippen molar-refractivity contribution >= 4 is 38.0 Å². The van der Waals surface area contributed by atoms with Crippen LogP contribution < -0.4 is 35.3 Å². The van der Waals surface area contributed by atoms with Gasteiger partial charge in [0.2, 0.25) is 0 Å². The van der Waals surface area contributed by atoms with Crippen molar-refractivity contribution in [2.45, 2.75) is 108 Å². The number of fused-ring (bicyclic) bond motifs is 1. The number of unbranched alkanes of at least 4 members (excludes halogenated alkanes) is 13. The number of rotatable bonds is 18. The molecule has 0 aliphatic carbocycles. The standard InChI is InChI=1S/C32H45N3O4S.Na/c1-2-3-4-5-6-7-8-9-10-11-12-13-14-15-16-25-17-21-28(22-18-25)34-35-31-30(40(37,38)39)23-26-19-20-27(33)24-29(26)32(31)36;/h17-24,36H,2-16,33H2,1H3,(H,37,38,39);/q;+1/p-1. The Kier molecular flexibility index (Phi) is 15.9. The minimum absolute atomic E-state index is 0. The van der Waals surface area contributed by atoms with Gasteiger partial charge in [-0.05, 0) is 54.1 Å². The summed E-state index contributed by atoms with van der Waals surface area (Å²) in [5, 5.41) is 19.4. The normalized spacial score (nSPS) is 11.8. The molecule has 0 spiro atoms. The van der Waals surface area contributed by atoms with Gasteiger partial charge in [0.05, 0.1) is 10.6 Å². The predicted octanol–water partition coefficient (Wildman–Crippen LogP) is 6.47. The smallest absolute Gasteiger partial charge is 0.744 e. The van der Waals surface area contributed by atoms with Gasteiger partial charge in [0.25, 0.3) is 0 Å². The van der Waals surface area contributed by atoms with Gasteiger partial charge in [0, 0.05) is 11.1 Å². The predicted molar refractivity (Wildman–Crippen MR) is 163 cm³/mol. The second-order valence-electron chi connectivity index (χ2n) is 10.7. The second-order valence-corrected chi connectivity index (χ2v) is 12.1. The van der Waals surface area contributed by atoms with Gasteiger partial charge in [-0.25, -0.2) is 8.42 Å². The number of aromatic hydroxyl groups is 1. The molecule has 0 bridgehead atoms. The minimum Gasteiger partial charge on any atom is -0.744 e. The van der Waals surface area contributed by atoms with Crippen molar-refractivity contribution in [3.8, 4) is 5.75 Å². The third-order valence-electron chi connectivity index (χ3n) is 7.37. The first kappa shape index (κ1) is 35.2. The van der Waals surface area contributed by atoms with Crippen LogP contribution in [0.25, 0.3) is 10.8 Å². The maximum Gasteiger partial charge on any atom is 1.00 e. The van der Waals surface area contributed by atoms with E-state index in [1.54, 1.807) is 18.2 Å². The molecule has 0 amide bonds. The first-order chi connectivity index (χ1) is 19.3. The molecule has 0 fully saturated rings. The van der Waals surface area contributed by atoms with Gasteiger partial charge in [-0.1, -0.05) is 109 Å². The molecule has 0 aromatic heterocycles. The number of phenols is 1. The fraction of sp³-hybridized carbons (Fsp3) is 0.500. The van der Waals surface area contributed by atoms with Gasteiger partial charge < -0.3 is 15.4 Å². The molecular formula is C32H44N3NaO4S. The summed E-state index contributed by atoms with van der Waals surface area (Å²) < 4.78 is 35.6. The largest absolute Gasteiger partial charge is 1.00 e. The molecule has 3 rings (SSSR count). The molecule has 0 aliphatic heterocycles. The Hall–Kier alpha value is -1.97. The van der Waals surface area contributed by atoms with Crippen LogP contribution in [0.5, 0.6) is 5.75 Å². The Bertz CT molecular complexity index is 1350. The van der Waals surface area contributed by atoms with E-state index in [2.05, 4.69) is 17.2 Å². The molecule has 0 aliphatic rings. The number of nitrogens with two attached hydrogens (primary N) is 1. The Morgan fingerprint density at radius 1 is 0.756 bits per heavy atom. The zero-order valence-electron chi connectivity index (χ0n) is 24.8. The summed E-state index contributed by atoms with van der Waals surface area (Å²) in [6.07, 6.45) is 19.7. The topological polar surface area (TPSA) is 128 Å². The van der Waals surface area contributed by atoms with E-state index in [9.17, 15) is 18.1 Å². The summed E-state index contributed by atoms with van der Waals surface area (Å²) in [7, 11) is -4.89. The fourth-order valence-electron chi connectivity index (χ4n) is 5.01. The molecule has 3 aromatic carbocycles. The summed E-state index contributed by atoms with van der Waals surface area (Å²) >= 11 is 0. The number of benzene rings is 3. The van der Waals surface area contributed by atoms with Gasteiger partial charge in [-0.2, -0.15) is 5.11 Å². The van der Waals surface area contributed by atoms with Crippen LogP contribution in [0.3, 0.4) is 0 Å². The van der Waals surface area contributed by atoms with Crippen molar-refractivity contribution in [1.29, 1.82) is 0 Å². The zero-order chi connectivity index (χ0) is 28.8. The number of nitrogen functional groups attached to an aromatic ring is 1. The van der Waals surface area contributed by atoms with Gasteiger partial charge in [0.15, 0.2) is 5.75 Å². The van der Waals surface area contributed by atoms with E-state index in [1.165, 1.54) is 107 Å². The van der Waals surface area contributed by atoms with Crippen molar-refractivity contribution in [2.24, 2.45) is 10.2 Å². The quantitative estimate of drug-likeness (QED) is 0.0577. The molecule has 0 unspecified atom stereocenters. The van der Waals surface area contributed by atoms with E-state index in [4.69, 9.17) is 5.73 Å². The number of nitrogens with zero attached hydrogens (tertiary/aromatic N) is 2. The first-order valence-electron chi connectivity index (χ1n) is 14.8. The molecule has 0 heterocycles. The van der Waals surface area contributed by atoms with E-state index < -0.39 is 20.8 Å². The van der Waals surface area contributed by atoms with Crippen molar-refractivity contribution < 1.29 is 47.6 Å². The average molecular weight is 590 g/mol. The molecule has 0 saturated heterocycles. The van der Waals surface area contributed by atoms with Gasteiger partial charge in [0.1, 0.15) is 15.8 Å². The van der Waals surface area contributed by atoms with Crippen molar-refractivity contribution in [3.63, 3.8) is 0 Å². The summed E-state index contributed by atoms with van der Waals surface area (Å²) in [5.74, 6) is -0.447. The van der Waals surface area contributed by atoms with Crippen molar-refractivity contribution in [3.05, 3.63) is 54.1 Å². The molecular weight excluding hydrogens is 545 g/mol. The number of hydrogen-bond donors (Lipinski definition) is 2. The summed E-state index contributed by atoms with van der Waals surface area (Å²) in [5.41, 5.74) is 7.49. The van der Waals surface area contributed by atoms with Gasteiger partial charge >= 0.3 is 29.6 Å². The Morgan fingerprint density at radius 2 is 1.29 bits per heavy atom. The Balaban J connectivity index is 0.00000588. The molecule has 218 valence electrons. The first-order valence-corrected chi connectivity index (χ1v) is 16.2. The second kappa shape index (κ2) is 18.5. The third kappa shape index (κ3) is 12.0. The number of azo groups is 1. The van der Waals surface area contributed by atoms with Crippen LogP contribution in [0.1, 0.15) is 102 Å². The molecule has 7 nitrogen and oxygen atoms in total. The monoisotopic (exact) mass is 589 g/mol. The zero-order valence-corrected chi connectivity index (χ0v) is 27.6. The third-order valence-corrected chi connectivity index (χ3v) is 8.22. The van der Waals surface area contributed by atoms with Crippen LogP contribution >= 0.6 is 0 Å². The average Bonchev–Trinajstić information content (AvgIpc) is 2.93. The number of anilines is 1. The molecule has 41 heavy (non-hydrogen) atoms. The van der Waals surface area contributed by atoms with Crippen LogP contribution in [-0.4, -0.2) is 18.1 Å². The summed E-state index contributed by atoms with van der Waals surface area (Å²) in [4.78, 5) is -0.625.